The Labute approximate surface area is 180 Å². The molecule has 13 nitrogen and oxygen atoms in total. The van der Waals surface area contributed by atoms with Crippen molar-refractivity contribution in [2.75, 3.05) is 13.1 Å². The van der Waals surface area contributed by atoms with E-state index in [-0.39, 0.29) is 48.1 Å². The summed E-state index contributed by atoms with van der Waals surface area (Å²) in [6.45, 7) is -0.274. The zero-order valence-corrected chi connectivity index (χ0v) is 16.4. The first-order valence-corrected chi connectivity index (χ1v) is 8.97. The lowest BCUT2D eigenvalue weighted by molar-refractivity contribution is -0.384. The summed E-state index contributed by atoms with van der Waals surface area (Å²) in [6, 6.07) is 6.07. The molecule has 2 N–H and O–H groups in total. The summed E-state index contributed by atoms with van der Waals surface area (Å²) in [7, 11) is 0. The maximum Gasteiger partial charge on any atom is 0.278 e. The summed E-state index contributed by atoms with van der Waals surface area (Å²) < 4.78 is 1.29. The number of amides is 2. The van der Waals surface area contributed by atoms with Gasteiger partial charge in [0.2, 0.25) is 0 Å². The molecule has 0 saturated heterocycles. The Hall–Kier alpha value is -5.04. The van der Waals surface area contributed by atoms with Gasteiger partial charge in [0.25, 0.3) is 17.5 Å². The molecular weight excluding hydrogens is 418 g/mol. The summed E-state index contributed by atoms with van der Waals surface area (Å²) in [6.07, 6.45) is 11.7. The van der Waals surface area contributed by atoms with Gasteiger partial charge in [-0.1, -0.05) is 29.2 Å². The lowest BCUT2D eigenvalue weighted by atomic mass is 10.1. The van der Waals surface area contributed by atoms with Crippen molar-refractivity contribution in [1.29, 1.82) is 0 Å². The van der Waals surface area contributed by atoms with E-state index >= 15 is 0 Å². The molecule has 0 aliphatic carbocycles. The van der Waals surface area contributed by atoms with Crippen LogP contribution in [0.1, 0.15) is 21.0 Å². The zero-order chi connectivity index (χ0) is 23.1. The topological polar surface area (TPSA) is 163 Å². The fraction of sp³-hybridized carbons (Fsp3) is 0.158. The molecule has 0 bridgehead atoms. The molecule has 0 fully saturated rings. The van der Waals surface area contributed by atoms with Crippen LogP contribution in [0.15, 0.2) is 30.5 Å². The molecule has 0 aliphatic heterocycles. The van der Waals surface area contributed by atoms with Crippen molar-refractivity contribution >= 4 is 17.5 Å². The van der Waals surface area contributed by atoms with Crippen molar-refractivity contribution in [3.63, 3.8) is 0 Å². The van der Waals surface area contributed by atoms with Crippen LogP contribution in [0.5, 0.6) is 0 Å². The maximum atomic E-state index is 12.3. The first kappa shape index (κ1) is 21.7. The minimum atomic E-state index is -0.695. The third kappa shape index (κ3) is 4.74. The molecule has 0 spiro atoms. The van der Waals surface area contributed by atoms with E-state index in [1.807, 2.05) is 0 Å². The SMILES string of the molecule is C#CCNC(=O)c1nn(Cn2cc(-c3ccccc3[N+](=O)[O-])nn2)nc1C(=O)NCC#C. The van der Waals surface area contributed by atoms with Crippen molar-refractivity contribution in [3.8, 4) is 35.9 Å². The van der Waals surface area contributed by atoms with Crippen LogP contribution in [-0.4, -0.2) is 59.8 Å². The van der Waals surface area contributed by atoms with E-state index in [0.717, 1.165) is 4.80 Å². The highest BCUT2D eigenvalue weighted by Crippen LogP contribution is 2.27. The number of rotatable bonds is 8. The summed E-state index contributed by atoms with van der Waals surface area (Å²) in [5.41, 5.74) is -0.108. The van der Waals surface area contributed by atoms with Gasteiger partial charge >= 0.3 is 0 Å². The Morgan fingerprint density at radius 2 is 1.66 bits per heavy atom. The van der Waals surface area contributed by atoms with Crippen molar-refractivity contribution in [2.24, 2.45) is 0 Å². The van der Waals surface area contributed by atoms with Crippen molar-refractivity contribution in [1.82, 2.24) is 40.6 Å². The molecule has 3 aromatic rings. The van der Waals surface area contributed by atoms with Gasteiger partial charge in [-0.15, -0.1) is 28.1 Å². The van der Waals surface area contributed by atoms with Crippen LogP contribution in [0.3, 0.4) is 0 Å². The van der Waals surface area contributed by atoms with Crippen LogP contribution in [0.4, 0.5) is 5.69 Å². The lowest BCUT2D eigenvalue weighted by Crippen LogP contribution is -2.30. The molecule has 0 saturated carbocycles. The van der Waals surface area contributed by atoms with Gasteiger partial charge in [-0.25, -0.2) is 4.68 Å². The highest BCUT2D eigenvalue weighted by Gasteiger charge is 2.24. The molecule has 1 aromatic carbocycles. The van der Waals surface area contributed by atoms with Crippen LogP contribution in [0, 0.1) is 34.8 Å². The maximum absolute atomic E-state index is 12.3. The Bertz CT molecular complexity index is 1210. The van der Waals surface area contributed by atoms with Gasteiger partial charge < -0.3 is 10.6 Å². The number of nitrogens with one attached hydrogen (secondary N) is 2. The average molecular weight is 433 g/mol. The van der Waals surface area contributed by atoms with E-state index in [1.54, 1.807) is 18.2 Å². The van der Waals surface area contributed by atoms with Crippen LogP contribution < -0.4 is 10.6 Å². The Balaban J connectivity index is 1.88. The Morgan fingerprint density at radius 3 is 2.22 bits per heavy atom. The predicted molar refractivity (Wildman–Crippen MR) is 110 cm³/mol. The Kier molecular flexibility index (Phi) is 6.53. The van der Waals surface area contributed by atoms with E-state index in [2.05, 4.69) is 43.0 Å². The normalized spacial score (nSPS) is 10.1. The van der Waals surface area contributed by atoms with Gasteiger partial charge in [-0.2, -0.15) is 4.80 Å². The number of carbonyl (C=O) groups excluding carboxylic acids is 2. The number of benzene rings is 1. The third-order valence-electron chi connectivity index (χ3n) is 3.97. The predicted octanol–water partition coefficient (Wildman–Crippen LogP) is -0.323. The molecule has 2 heterocycles. The van der Waals surface area contributed by atoms with Crippen LogP contribution in [0.25, 0.3) is 11.3 Å². The first-order chi connectivity index (χ1) is 15.4. The largest absolute Gasteiger partial charge is 0.340 e. The fourth-order valence-electron chi connectivity index (χ4n) is 2.62. The zero-order valence-electron chi connectivity index (χ0n) is 16.4. The Morgan fingerprint density at radius 1 is 1.06 bits per heavy atom. The van der Waals surface area contributed by atoms with Crippen molar-refractivity contribution < 1.29 is 14.5 Å². The fourth-order valence-corrected chi connectivity index (χ4v) is 2.62. The monoisotopic (exact) mass is 433 g/mol. The highest BCUT2D eigenvalue weighted by molar-refractivity contribution is 6.04. The summed E-state index contributed by atoms with van der Waals surface area (Å²) in [5, 5.41) is 32.0. The van der Waals surface area contributed by atoms with Gasteiger partial charge in [0, 0.05) is 6.07 Å². The van der Waals surface area contributed by atoms with E-state index in [4.69, 9.17) is 12.8 Å². The number of nitro benzene ring substituents is 1. The molecule has 3 rings (SSSR count). The second kappa shape index (κ2) is 9.64. The van der Waals surface area contributed by atoms with Crippen molar-refractivity contribution in [3.05, 3.63) is 52.0 Å². The number of terminal acetylenes is 2. The molecule has 160 valence electrons. The van der Waals surface area contributed by atoms with E-state index in [1.165, 1.54) is 16.9 Å². The minimum absolute atomic E-state index is 0.0700. The van der Waals surface area contributed by atoms with Crippen molar-refractivity contribution in [2.45, 2.75) is 6.67 Å². The summed E-state index contributed by atoms with van der Waals surface area (Å²) in [4.78, 5) is 36.4. The second-order valence-corrected chi connectivity index (χ2v) is 6.10. The molecule has 0 unspecified atom stereocenters. The quantitative estimate of drug-likeness (QED) is 0.277. The minimum Gasteiger partial charge on any atom is -0.340 e. The van der Waals surface area contributed by atoms with Crippen LogP contribution in [0.2, 0.25) is 0 Å². The summed E-state index contributed by atoms with van der Waals surface area (Å²) in [5.74, 6) is 3.10. The number of carbonyl (C=O) groups is 2. The third-order valence-corrected chi connectivity index (χ3v) is 3.97. The van der Waals surface area contributed by atoms with Crippen LogP contribution in [-0.2, 0) is 6.67 Å². The molecule has 0 radical (unpaired) electrons. The standard InChI is InChI=1S/C19H15N9O4/c1-3-9-20-18(29)16-17(19(30)21-10-4-2)24-27(23-16)12-26-11-14(22-25-26)13-7-5-6-8-15(13)28(31)32/h1-2,5-8,11H,9-10,12H2,(H,20,29)(H,21,30). The molecule has 32 heavy (non-hydrogen) atoms. The average Bonchev–Trinajstić information content (AvgIpc) is 3.43. The van der Waals surface area contributed by atoms with Gasteiger partial charge in [-0.3, -0.25) is 19.7 Å². The summed E-state index contributed by atoms with van der Waals surface area (Å²) >= 11 is 0. The molecule has 2 amide bonds. The smallest absolute Gasteiger partial charge is 0.278 e. The molecule has 13 heteroatoms. The van der Waals surface area contributed by atoms with Gasteiger partial charge in [0.1, 0.15) is 5.69 Å². The molecular formula is C19H15N9O4. The van der Waals surface area contributed by atoms with E-state index in [0.29, 0.717) is 0 Å². The van der Waals surface area contributed by atoms with Gasteiger partial charge in [0.05, 0.1) is 29.8 Å². The van der Waals surface area contributed by atoms with Gasteiger partial charge in [-0.05, 0) is 6.07 Å². The lowest BCUT2D eigenvalue weighted by Gasteiger charge is -2.00. The number of aromatic nitrogens is 6. The van der Waals surface area contributed by atoms with E-state index in [9.17, 15) is 19.7 Å². The number of nitrogens with zero attached hydrogens (tertiary/aromatic N) is 7. The highest BCUT2D eigenvalue weighted by atomic mass is 16.6. The van der Waals surface area contributed by atoms with E-state index < -0.39 is 16.7 Å². The molecule has 0 aliphatic rings. The van der Waals surface area contributed by atoms with Gasteiger partial charge in [0.15, 0.2) is 18.1 Å². The number of hydrogen-bond acceptors (Lipinski definition) is 8. The number of hydrogen-bond donors (Lipinski definition) is 2. The second-order valence-electron chi connectivity index (χ2n) is 6.10. The van der Waals surface area contributed by atoms with Crippen LogP contribution >= 0.6 is 0 Å². The number of nitro groups is 1. The number of para-hydroxylation sites is 1. The first-order valence-electron chi connectivity index (χ1n) is 8.97. The molecule has 2 aromatic heterocycles. The molecule has 0 atom stereocenters.